The molecule has 0 fully saturated rings. The van der Waals surface area contributed by atoms with E-state index in [2.05, 4.69) is 21.0 Å². The van der Waals surface area contributed by atoms with E-state index >= 15 is 0 Å². The van der Waals surface area contributed by atoms with Crippen LogP contribution in [0.1, 0.15) is 17.4 Å². The molecule has 1 aromatic heterocycles. The van der Waals surface area contributed by atoms with Gasteiger partial charge in [0.2, 0.25) is 0 Å². The van der Waals surface area contributed by atoms with Gasteiger partial charge >= 0.3 is 0 Å². The summed E-state index contributed by atoms with van der Waals surface area (Å²) in [6, 6.07) is 0. The average Bonchev–Trinajstić information content (AvgIpc) is 2.45. The number of nitrogens with zero attached hydrogens (tertiary/aromatic N) is 2. The van der Waals surface area contributed by atoms with Crippen LogP contribution in [0.4, 0.5) is 0 Å². The predicted molar refractivity (Wildman–Crippen MR) is 52.7 cm³/mol. The Kier molecular flexibility index (Phi) is 3.47. The quantitative estimate of drug-likeness (QED) is 0.768. The van der Waals surface area contributed by atoms with Gasteiger partial charge in [-0.15, -0.1) is 0 Å². The van der Waals surface area contributed by atoms with E-state index in [1.807, 2.05) is 6.92 Å². The number of aromatic nitrogens is 2. The molecule has 0 saturated heterocycles. The van der Waals surface area contributed by atoms with Crippen LogP contribution < -0.4 is 0 Å². The maximum absolute atomic E-state index is 9.65. The lowest BCUT2D eigenvalue weighted by atomic mass is 10.1. The summed E-state index contributed by atoms with van der Waals surface area (Å²) in [6.45, 7) is 1.85. The molecule has 13 heavy (non-hydrogen) atoms. The average molecular weight is 249 g/mol. The fraction of sp³-hybridized carbons (Fsp3) is 0.625. The first-order chi connectivity index (χ1) is 6.07. The molecule has 0 aliphatic carbocycles. The predicted octanol–water partition coefficient (Wildman–Crippen LogP) is 0.518. The highest BCUT2D eigenvalue weighted by Gasteiger charge is 2.20. The molecule has 74 valence electrons. The third-order valence-corrected chi connectivity index (χ3v) is 2.78. The highest BCUT2D eigenvalue weighted by atomic mass is 79.9. The number of hydrogen-bond donors (Lipinski definition) is 2. The largest absolute Gasteiger partial charge is 0.389 e. The number of rotatable bonds is 3. The second-order valence-electron chi connectivity index (χ2n) is 2.98. The molecule has 0 radical (unpaired) electrons. The smallest absolute Gasteiger partial charge is 0.109 e. The minimum absolute atomic E-state index is 0.350. The maximum Gasteiger partial charge on any atom is 0.109 e. The van der Waals surface area contributed by atoms with Gasteiger partial charge in [0.15, 0.2) is 0 Å². The number of alkyl halides is 1. The van der Waals surface area contributed by atoms with Gasteiger partial charge in [-0.25, -0.2) is 0 Å². The summed E-state index contributed by atoms with van der Waals surface area (Å²) in [6.07, 6.45) is -0.0812. The first-order valence-corrected chi connectivity index (χ1v) is 5.10. The van der Waals surface area contributed by atoms with E-state index in [0.29, 0.717) is 10.9 Å². The van der Waals surface area contributed by atoms with Crippen LogP contribution >= 0.6 is 15.9 Å². The molecular weight excluding hydrogens is 236 g/mol. The Balaban J connectivity index is 2.88. The van der Waals surface area contributed by atoms with Crippen molar-refractivity contribution in [3.8, 4) is 0 Å². The van der Waals surface area contributed by atoms with E-state index in [4.69, 9.17) is 0 Å². The third-order valence-electron chi connectivity index (χ3n) is 2.11. The van der Waals surface area contributed by atoms with Crippen LogP contribution in [-0.2, 0) is 7.05 Å². The molecular formula is C8H13BrN2O2. The number of halogens is 1. The number of hydrogen-bond acceptors (Lipinski definition) is 3. The minimum atomic E-state index is -0.868. The molecule has 1 heterocycles. The Bertz CT molecular complexity index is 288. The molecule has 0 amide bonds. The summed E-state index contributed by atoms with van der Waals surface area (Å²) in [4.78, 5) is 0. The Morgan fingerprint density at radius 1 is 1.62 bits per heavy atom. The first kappa shape index (κ1) is 10.7. The summed E-state index contributed by atoms with van der Waals surface area (Å²) >= 11 is 3.11. The van der Waals surface area contributed by atoms with Gasteiger partial charge in [0, 0.05) is 23.6 Å². The highest BCUT2D eigenvalue weighted by molar-refractivity contribution is 9.09. The van der Waals surface area contributed by atoms with E-state index in [-0.39, 0.29) is 0 Å². The number of aryl methyl sites for hydroxylation is 1. The van der Waals surface area contributed by atoms with Crippen molar-refractivity contribution in [3.05, 3.63) is 17.5 Å². The fourth-order valence-electron chi connectivity index (χ4n) is 1.10. The van der Waals surface area contributed by atoms with E-state index in [0.717, 1.165) is 5.69 Å². The van der Waals surface area contributed by atoms with Gasteiger partial charge in [-0.05, 0) is 6.92 Å². The fourth-order valence-corrected chi connectivity index (χ4v) is 1.45. The van der Waals surface area contributed by atoms with Crippen LogP contribution in [0, 0.1) is 6.92 Å². The normalized spacial score (nSPS) is 15.8. The third kappa shape index (κ3) is 2.10. The lowest BCUT2D eigenvalue weighted by Crippen LogP contribution is -2.19. The van der Waals surface area contributed by atoms with E-state index in [1.54, 1.807) is 17.9 Å². The lowest BCUT2D eigenvalue weighted by Gasteiger charge is -2.14. The van der Waals surface area contributed by atoms with Crippen molar-refractivity contribution in [1.82, 2.24) is 9.78 Å². The molecule has 0 saturated carbocycles. The molecule has 5 heteroatoms. The molecule has 4 nitrogen and oxygen atoms in total. The summed E-state index contributed by atoms with van der Waals surface area (Å²) < 4.78 is 1.67. The second kappa shape index (κ2) is 4.21. The SMILES string of the molecule is Cc1c(C(O)C(O)CBr)cnn1C. The van der Waals surface area contributed by atoms with Crippen molar-refractivity contribution in [1.29, 1.82) is 0 Å². The second-order valence-corrected chi connectivity index (χ2v) is 3.62. The van der Waals surface area contributed by atoms with Crippen molar-refractivity contribution in [2.24, 2.45) is 7.05 Å². The summed E-state index contributed by atoms with van der Waals surface area (Å²) in [5.41, 5.74) is 1.54. The van der Waals surface area contributed by atoms with Gasteiger partial charge in [-0.2, -0.15) is 5.10 Å². The topological polar surface area (TPSA) is 58.3 Å². The number of aliphatic hydroxyl groups excluding tert-OH is 2. The zero-order valence-electron chi connectivity index (χ0n) is 7.61. The van der Waals surface area contributed by atoms with E-state index < -0.39 is 12.2 Å². The van der Waals surface area contributed by atoms with Crippen LogP contribution in [0.15, 0.2) is 6.20 Å². The first-order valence-electron chi connectivity index (χ1n) is 3.98. The summed E-state index contributed by atoms with van der Waals surface area (Å²) in [5.74, 6) is 0. The van der Waals surface area contributed by atoms with Crippen LogP contribution in [-0.4, -0.2) is 31.4 Å². The van der Waals surface area contributed by atoms with Crippen molar-refractivity contribution in [2.75, 3.05) is 5.33 Å². The summed E-state index contributed by atoms with van der Waals surface area (Å²) in [7, 11) is 1.80. The van der Waals surface area contributed by atoms with Crippen LogP contribution in [0.5, 0.6) is 0 Å². The van der Waals surface area contributed by atoms with Crippen LogP contribution in [0.25, 0.3) is 0 Å². The minimum Gasteiger partial charge on any atom is -0.389 e. The number of aliphatic hydroxyl groups is 2. The molecule has 0 spiro atoms. The Morgan fingerprint density at radius 3 is 2.62 bits per heavy atom. The van der Waals surface area contributed by atoms with Crippen LogP contribution in [0.3, 0.4) is 0 Å². The molecule has 0 aliphatic heterocycles. The molecule has 0 bridgehead atoms. The van der Waals surface area contributed by atoms with Gasteiger partial charge < -0.3 is 10.2 Å². The zero-order chi connectivity index (χ0) is 10.0. The van der Waals surface area contributed by atoms with E-state index in [9.17, 15) is 10.2 Å². The maximum atomic E-state index is 9.65. The van der Waals surface area contributed by atoms with Crippen molar-refractivity contribution < 1.29 is 10.2 Å². The zero-order valence-corrected chi connectivity index (χ0v) is 9.19. The highest BCUT2D eigenvalue weighted by Crippen LogP contribution is 2.20. The molecule has 0 aromatic carbocycles. The van der Waals surface area contributed by atoms with Crippen molar-refractivity contribution >= 4 is 15.9 Å². The Hall–Kier alpha value is -0.390. The Morgan fingerprint density at radius 2 is 2.23 bits per heavy atom. The van der Waals surface area contributed by atoms with Gasteiger partial charge in [0.1, 0.15) is 6.10 Å². The molecule has 1 aromatic rings. The van der Waals surface area contributed by atoms with Crippen LogP contribution in [0.2, 0.25) is 0 Å². The molecule has 2 atom stereocenters. The van der Waals surface area contributed by atoms with Gasteiger partial charge in [0.05, 0.1) is 12.3 Å². The molecule has 1 rings (SSSR count). The van der Waals surface area contributed by atoms with E-state index in [1.165, 1.54) is 0 Å². The standard InChI is InChI=1S/C8H13BrN2O2/c1-5-6(4-10-11(5)2)8(13)7(12)3-9/h4,7-8,12-13H,3H2,1-2H3. The van der Waals surface area contributed by atoms with Gasteiger partial charge in [-0.1, -0.05) is 15.9 Å². The van der Waals surface area contributed by atoms with Gasteiger partial charge in [0.25, 0.3) is 0 Å². The summed E-state index contributed by atoms with van der Waals surface area (Å²) in [5, 5.41) is 23.4. The van der Waals surface area contributed by atoms with Crippen molar-refractivity contribution in [3.63, 3.8) is 0 Å². The monoisotopic (exact) mass is 248 g/mol. The van der Waals surface area contributed by atoms with Crippen molar-refractivity contribution in [2.45, 2.75) is 19.1 Å². The Labute approximate surface area is 85.3 Å². The molecule has 2 N–H and O–H groups in total. The molecule has 2 unspecified atom stereocenters. The van der Waals surface area contributed by atoms with Gasteiger partial charge in [-0.3, -0.25) is 4.68 Å². The lowest BCUT2D eigenvalue weighted by molar-refractivity contribution is 0.0338. The molecule has 0 aliphatic rings.